The van der Waals surface area contributed by atoms with Crippen LogP contribution < -0.4 is 10.6 Å². The van der Waals surface area contributed by atoms with Crippen molar-refractivity contribution >= 4 is 5.91 Å². The minimum absolute atomic E-state index is 0.0101. The van der Waals surface area contributed by atoms with Crippen molar-refractivity contribution in [2.24, 2.45) is 5.92 Å². The molecule has 3 rings (SSSR count). The molecule has 0 aromatic carbocycles. The number of aromatic amines is 1. The number of H-pyrrole nitrogens is 1. The lowest BCUT2D eigenvalue weighted by molar-refractivity contribution is -0.123. The van der Waals surface area contributed by atoms with Crippen LogP contribution in [0.2, 0.25) is 0 Å². The predicted molar refractivity (Wildman–Crippen MR) is 77.0 cm³/mol. The molecule has 0 aliphatic carbocycles. The average molecular weight is 276 g/mol. The maximum atomic E-state index is 12.2. The molecule has 3 unspecified atom stereocenters. The molecule has 2 bridgehead atoms. The highest BCUT2D eigenvalue weighted by Crippen LogP contribution is 2.32. The molecule has 0 saturated carbocycles. The SMILES string of the molecule is CCC(NC(=O)CC1CC2CCC(C1)N2)c1ncc[nH]1. The highest BCUT2D eigenvalue weighted by molar-refractivity contribution is 5.76. The van der Waals surface area contributed by atoms with Crippen LogP contribution in [0, 0.1) is 5.92 Å². The first-order chi connectivity index (χ1) is 9.74. The first-order valence-corrected chi connectivity index (χ1v) is 7.79. The van der Waals surface area contributed by atoms with E-state index < -0.39 is 0 Å². The molecule has 1 aromatic heterocycles. The van der Waals surface area contributed by atoms with Crippen molar-refractivity contribution in [2.45, 2.75) is 63.6 Å². The summed E-state index contributed by atoms with van der Waals surface area (Å²) in [6.45, 7) is 2.07. The van der Waals surface area contributed by atoms with E-state index in [0.29, 0.717) is 24.4 Å². The minimum atomic E-state index is 0.0101. The molecule has 3 atom stereocenters. The lowest BCUT2D eigenvalue weighted by Crippen LogP contribution is -2.40. The Labute approximate surface area is 119 Å². The van der Waals surface area contributed by atoms with Gasteiger partial charge in [-0.2, -0.15) is 0 Å². The third-order valence-electron chi connectivity index (χ3n) is 4.64. The largest absolute Gasteiger partial charge is 0.347 e. The van der Waals surface area contributed by atoms with Gasteiger partial charge < -0.3 is 15.6 Å². The van der Waals surface area contributed by atoms with E-state index in [-0.39, 0.29) is 11.9 Å². The molecule has 1 amide bonds. The van der Waals surface area contributed by atoms with Gasteiger partial charge in [0.15, 0.2) is 0 Å². The molecule has 2 fully saturated rings. The van der Waals surface area contributed by atoms with E-state index in [0.717, 1.165) is 25.1 Å². The van der Waals surface area contributed by atoms with Gasteiger partial charge in [-0.15, -0.1) is 0 Å². The second kappa shape index (κ2) is 5.95. The molecule has 3 heterocycles. The lowest BCUT2D eigenvalue weighted by atomic mass is 9.89. The molecule has 5 heteroatoms. The number of piperidine rings is 1. The number of nitrogens with one attached hydrogen (secondary N) is 3. The monoisotopic (exact) mass is 276 g/mol. The molecule has 2 aliphatic rings. The van der Waals surface area contributed by atoms with Crippen molar-refractivity contribution in [3.63, 3.8) is 0 Å². The summed E-state index contributed by atoms with van der Waals surface area (Å²) in [5, 5.41) is 6.73. The minimum Gasteiger partial charge on any atom is -0.347 e. The second-order valence-electron chi connectivity index (χ2n) is 6.18. The molecule has 3 N–H and O–H groups in total. The molecule has 2 aliphatic heterocycles. The Kier molecular flexibility index (Phi) is 4.05. The van der Waals surface area contributed by atoms with Gasteiger partial charge in [0.1, 0.15) is 5.82 Å². The topological polar surface area (TPSA) is 69.8 Å². The van der Waals surface area contributed by atoms with E-state index in [1.54, 1.807) is 12.4 Å². The summed E-state index contributed by atoms with van der Waals surface area (Å²) >= 11 is 0. The Morgan fingerprint density at radius 1 is 1.45 bits per heavy atom. The number of hydrogen-bond donors (Lipinski definition) is 3. The van der Waals surface area contributed by atoms with Gasteiger partial charge >= 0.3 is 0 Å². The number of nitrogens with zero attached hydrogens (tertiary/aromatic N) is 1. The van der Waals surface area contributed by atoms with Crippen LogP contribution in [-0.2, 0) is 4.79 Å². The fourth-order valence-corrected chi connectivity index (χ4v) is 3.69. The zero-order valence-corrected chi connectivity index (χ0v) is 12.1. The molecule has 2 saturated heterocycles. The van der Waals surface area contributed by atoms with Crippen molar-refractivity contribution in [1.29, 1.82) is 0 Å². The Hall–Kier alpha value is -1.36. The Bertz CT molecular complexity index is 433. The van der Waals surface area contributed by atoms with Gasteiger partial charge in [-0.3, -0.25) is 4.79 Å². The van der Waals surface area contributed by atoms with Gasteiger partial charge in [-0.25, -0.2) is 4.98 Å². The second-order valence-corrected chi connectivity index (χ2v) is 6.18. The normalized spacial score (nSPS) is 30.1. The zero-order chi connectivity index (χ0) is 13.9. The number of aromatic nitrogens is 2. The molecule has 0 radical (unpaired) electrons. The number of hydrogen-bond acceptors (Lipinski definition) is 3. The van der Waals surface area contributed by atoms with Gasteiger partial charge in [0.25, 0.3) is 0 Å². The molecule has 0 spiro atoms. The molecule has 5 nitrogen and oxygen atoms in total. The number of carbonyl (C=O) groups excluding carboxylic acids is 1. The van der Waals surface area contributed by atoms with Crippen molar-refractivity contribution in [3.8, 4) is 0 Å². The highest BCUT2D eigenvalue weighted by atomic mass is 16.1. The van der Waals surface area contributed by atoms with E-state index in [1.807, 2.05) is 0 Å². The maximum absolute atomic E-state index is 12.2. The summed E-state index contributed by atoms with van der Waals surface area (Å²) in [5.74, 6) is 1.56. The first kappa shape index (κ1) is 13.6. The van der Waals surface area contributed by atoms with E-state index in [2.05, 4.69) is 27.5 Å². The first-order valence-electron chi connectivity index (χ1n) is 7.79. The van der Waals surface area contributed by atoms with Crippen LogP contribution in [0.5, 0.6) is 0 Å². The van der Waals surface area contributed by atoms with Crippen molar-refractivity contribution in [1.82, 2.24) is 20.6 Å². The maximum Gasteiger partial charge on any atom is 0.220 e. The summed E-state index contributed by atoms with van der Waals surface area (Å²) in [5.41, 5.74) is 0. The average Bonchev–Trinajstić information content (AvgIpc) is 3.06. The van der Waals surface area contributed by atoms with Gasteiger partial charge in [0, 0.05) is 30.9 Å². The third kappa shape index (κ3) is 3.03. The van der Waals surface area contributed by atoms with Gasteiger partial charge in [0.05, 0.1) is 6.04 Å². The lowest BCUT2D eigenvalue weighted by Gasteiger charge is -2.29. The zero-order valence-electron chi connectivity index (χ0n) is 12.1. The summed E-state index contributed by atoms with van der Waals surface area (Å²) < 4.78 is 0. The smallest absolute Gasteiger partial charge is 0.220 e. The van der Waals surface area contributed by atoms with Crippen LogP contribution in [0.3, 0.4) is 0 Å². The number of fused-ring (bicyclic) bond motifs is 2. The quantitative estimate of drug-likeness (QED) is 0.769. The summed E-state index contributed by atoms with van der Waals surface area (Å²) in [6.07, 6.45) is 9.92. The van der Waals surface area contributed by atoms with Gasteiger partial charge in [0.2, 0.25) is 5.91 Å². The van der Waals surface area contributed by atoms with Crippen LogP contribution in [0.15, 0.2) is 12.4 Å². The Morgan fingerprint density at radius 3 is 2.80 bits per heavy atom. The van der Waals surface area contributed by atoms with E-state index in [1.165, 1.54) is 12.8 Å². The predicted octanol–water partition coefficient (Wildman–Crippen LogP) is 1.90. The van der Waals surface area contributed by atoms with Gasteiger partial charge in [-0.1, -0.05) is 6.92 Å². The van der Waals surface area contributed by atoms with Crippen LogP contribution in [0.1, 0.15) is 57.3 Å². The summed E-state index contributed by atoms with van der Waals surface area (Å²) in [4.78, 5) is 19.6. The van der Waals surface area contributed by atoms with Crippen LogP contribution in [0.4, 0.5) is 0 Å². The van der Waals surface area contributed by atoms with Crippen LogP contribution in [-0.4, -0.2) is 28.0 Å². The summed E-state index contributed by atoms with van der Waals surface area (Å²) in [7, 11) is 0. The number of imidazole rings is 1. The number of rotatable bonds is 5. The Morgan fingerprint density at radius 2 is 2.20 bits per heavy atom. The highest BCUT2D eigenvalue weighted by Gasteiger charge is 2.34. The van der Waals surface area contributed by atoms with E-state index in [4.69, 9.17) is 0 Å². The van der Waals surface area contributed by atoms with Crippen LogP contribution in [0.25, 0.3) is 0 Å². The third-order valence-corrected chi connectivity index (χ3v) is 4.64. The fraction of sp³-hybridized carbons (Fsp3) is 0.733. The molecular formula is C15H24N4O. The molecule has 20 heavy (non-hydrogen) atoms. The van der Waals surface area contributed by atoms with Crippen molar-refractivity contribution in [2.75, 3.05) is 0 Å². The number of amides is 1. The van der Waals surface area contributed by atoms with Gasteiger partial charge in [-0.05, 0) is 38.0 Å². The molecular weight excluding hydrogens is 252 g/mol. The Balaban J connectivity index is 1.51. The molecule has 1 aromatic rings. The van der Waals surface area contributed by atoms with E-state index in [9.17, 15) is 4.79 Å². The van der Waals surface area contributed by atoms with Crippen molar-refractivity contribution in [3.05, 3.63) is 18.2 Å². The van der Waals surface area contributed by atoms with E-state index >= 15 is 0 Å². The number of carbonyl (C=O) groups is 1. The van der Waals surface area contributed by atoms with Crippen molar-refractivity contribution < 1.29 is 4.79 Å². The fourth-order valence-electron chi connectivity index (χ4n) is 3.69. The summed E-state index contributed by atoms with van der Waals surface area (Å²) in [6, 6.07) is 1.31. The molecule has 110 valence electrons. The van der Waals surface area contributed by atoms with Crippen LogP contribution >= 0.6 is 0 Å². The standard InChI is InChI=1S/C15H24N4O/c1-2-13(15-16-5-6-17-15)19-14(20)9-10-7-11-3-4-12(8-10)18-11/h5-6,10-13,18H,2-4,7-9H2,1H3,(H,16,17)(H,19,20).